The van der Waals surface area contributed by atoms with E-state index in [9.17, 15) is 4.79 Å². The number of benzene rings is 2. The topological polar surface area (TPSA) is 62.8 Å². The molecule has 0 spiro atoms. The van der Waals surface area contributed by atoms with E-state index >= 15 is 0 Å². The fourth-order valence-corrected chi connectivity index (χ4v) is 3.19. The van der Waals surface area contributed by atoms with Crippen molar-refractivity contribution in [3.63, 3.8) is 0 Å². The molecular formula is C22H27N3O3S. The number of morpholine rings is 1. The smallest absolute Gasteiger partial charge is 0.257 e. The molecule has 1 amide bonds. The lowest BCUT2D eigenvalue weighted by Gasteiger charge is -2.30. The summed E-state index contributed by atoms with van der Waals surface area (Å²) in [5.41, 5.74) is 2.42. The first-order chi connectivity index (χ1) is 14.1. The third-order valence-corrected chi connectivity index (χ3v) is 4.96. The van der Waals surface area contributed by atoms with E-state index in [1.165, 1.54) is 0 Å². The highest BCUT2D eigenvalue weighted by molar-refractivity contribution is 7.80. The highest BCUT2D eigenvalue weighted by Crippen LogP contribution is 2.26. The van der Waals surface area contributed by atoms with Crippen LogP contribution >= 0.6 is 12.2 Å². The van der Waals surface area contributed by atoms with Crippen molar-refractivity contribution in [2.45, 2.75) is 26.4 Å². The lowest BCUT2D eigenvalue weighted by atomic mass is 10.2. The number of hydrogen-bond donors (Lipinski definition) is 2. The first kappa shape index (κ1) is 21.1. The number of nitrogens with zero attached hydrogens (tertiary/aromatic N) is 1. The van der Waals surface area contributed by atoms with Crippen LogP contribution in [0.3, 0.4) is 0 Å². The van der Waals surface area contributed by atoms with Gasteiger partial charge in [0.2, 0.25) is 0 Å². The van der Waals surface area contributed by atoms with Gasteiger partial charge >= 0.3 is 0 Å². The molecule has 2 aromatic rings. The lowest BCUT2D eigenvalue weighted by molar-refractivity contribution is 0.0977. The molecule has 1 aliphatic heterocycles. The number of thiocarbonyl (C=S) groups is 1. The number of carbonyl (C=O) groups is 1. The Labute approximate surface area is 177 Å². The quantitative estimate of drug-likeness (QED) is 0.702. The molecule has 1 saturated heterocycles. The number of carbonyl (C=O) groups excluding carboxylic acids is 1. The molecule has 1 fully saturated rings. The summed E-state index contributed by atoms with van der Waals surface area (Å²) < 4.78 is 11.2. The van der Waals surface area contributed by atoms with Crippen LogP contribution in [0.25, 0.3) is 0 Å². The highest BCUT2D eigenvalue weighted by Gasteiger charge is 2.16. The molecule has 154 valence electrons. The van der Waals surface area contributed by atoms with E-state index in [1.54, 1.807) is 24.3 Å². The Bertz CT molecular complexity index is 835. The Hall–Kier alpha value is -2.64. The lowest BCUT2D eigenvalue weighted by Crippen LogP contribution is -2.38. The van der Waals surface area contributed by atoms with E-state index < -0.39 is 0 Å². The molecule has 1 unspecified atom stereocenters. The zero-order chi connectivity index (χ0) is 20.6. The molecule has 3 rings (SSSR count). The van der Waals surface area contributed by atoms with Crippen LogP contribution in [-0.4, -0.2) is 43.4 Å². The predicted molar refractivity (Wildman–Crippen MR) is 120 cm³/mol. The molecule has 1 atom stereocenters. The Kier molecular flexibility index (Phi) is 7.43. The van der Waals surface area contributed by atoms with Crippen molar-refractivity contribution in [1.29, 1.82) is 0 Å². The molecule has 0 aromatic heterocycles. The SMILES string of the molecule is CCC(C)Oc1ccc(C(=O)NC(=S)Nc2ccccc2N2CCOCC2)cc1. The first-order valence-corrected chi connectivity index (χ1v) is 10.3. The average molecular weight is 414 g/mol. The van der Waals surface area contributed by atoms with Crippen LogP contribution in [0.4, 0.5) is 11.4 Å². The van der Waals surface area contributed by atoms with Crippen LogP contribution in [0, 0.1) is 0 Å². The van der Waals surface area contributed by atoms with Crippen LogP contribution in [0.15, 0.2) is 48.5 Å². The zero-order valence-corrected chi connectivity index (χ0v) is 17.6. The summed E-state index contributed by atoms with van der Waals surface area (Å²) in [5.74, 6) is 0.484. The van der Waals surface area contributed by atoms with E-state index in [-0.39, 0.29) is 17.1 Å². The zero-order valence-electron chi connectivity index (χ0n) is 16.8. The molecule has 0 aliphatic carbocycles. The summed E-state index contributed by atoms with van der Waals surface area (Å²) in [4.78, 5) is 14.8. The molecule has 1 heterocycles. The van der Waals surface area contributed by atoms with E-state index in [1.807, 2.05) is 31.2 Å². The minimum atomic E-state index is -0.263. The largest absolute Gasteiger partial charge is 0.491 e. The molecule has 2 N–H and O–H groups in total. The van der Waals surface area contributed by atoms with Crippen LogP contribution in [-0.2, 0) is 4.74 Å². The summed E-state index contributed by atoms with van der Waals surface area (Å²) in [6, 6.07) is 15.0. The number of para-hydroxylation sites is 2. The Morgan fingerprint density at radius 1 is 1.17 bits per heavy atom. The van der Waals surface area contributed by atoms with E-state index in [0.29, 0.717) is 18.8 Å². The molecule has 29 heavy (non-hydrogen) atoms. The fraction of sp³-hybridized carbons (Fsp3) is 0.364. The molecular weight excluding hydrogens is 386 g/mol. The van der Waals surface area contributed by atoms with Gasteiger partial charge in [-0.05, 0) is 62.0 Å². The van der Waals surface area contributed by atoms with Crippen molar-refractivity contribution < 1.29 is 14.3 Å². The van der Waals surface area contributed by atoms with Gasteiger partial charge in [-0.15, -0.1) is 0 Å². The van der Waals surface area contributed by atoms with Crippen molar-refractivity contribution in [2.24, 2.45) is 0 Å². The second kappa shape index (κ2) is 10.2. The second-order valence-corrected chi connectivity index (χ2v) is 7.29. The third-order valence-electron chi connectivity index (χ3n) is 4.76. The molecule has 7 heteroatoms. The van der Waals surface area contributed by atoms with E-state index in [0.717, 1.165) is 36.6 Å². The van der Waals surface area contributed by atoms with E-state index in [2.05, 4.69) is 22.5 Å². The highest BCUT2D eigenvalue weighted by atomic mass is 32.1. The third kappa shape index (κ3) is 5.92. The van der Waals surface area contributed by atoms with Crippen LogP contribution in [0.2, 0.25) is 0 Å². The summed E-state index contributed by atoms with van der Waals surface area (Å²) in [6.07, 6.45) is 1.06. The fourth-order valence-electron chi connectivity index (χ4n) is 2.99. The van der Waals surface area contributed by atoms with Crippen molar-refractivity contribution in [3.05, 3.63) is 54.1 Å². The van der Waals surface area contributed by atoms with Gasteiger partial charge in [0, 0.05) is 18.7 Å². The molecule has 1 aliphatic rings. The maximum Gasteiger partial charge on any atom is 0.257 e. The maximum absolute atomic E-state index is 12.5. The molecule has 6 nitrogen and oxygen atoms in total. The maximum atomic E-state index is 12.5. The minimum absolute atomic E-state index is 0.137. The van der Waals surface area contributed by atoms with Crippen molar-refractivity contribution in [3.8, 4) is 5.75 Å². The number of amides is 1. The van der Waals surface area contributed by atoms with E-state index in [4.69, 9.17) is 21.7 Å². The van der Waals surface area contributed by atoms with Gasteiger partial charge in [0.1, 0.15) is 5.75 Å². The van der Waals surface area contributed by atoms with Crippen LogP contribution in [0.5, 0.6) is 5.75 Å². The van der Waals surface area contributed by atoms with Gasteiger partial charge in [-0.1, -0.05) is 19.1 Å². The summed E-state index contributed by atoms with van der Waals surface area (Å²) in [7, 11) is 0. The summed E-state index contributed by atoms with van der Waals surface area (Å²) in [5, 5.41) is 6.15. The van der Waals surface area contributed by atoms with Gasteiger partial charge in [-0.2, -0.15) is 0 Å². The predicted octanol–water partition coefficient (Wildman–Crippen LogP) is 3.83. The Morgan fingerprint density at radius 2 is 1.86 bits per heavy atom. The van der Waals surface area contributed by atoms with Gasteiger partial charge in [0.25, 0.3) is 5.91 Å². The summed E-state index contributed by atoms with van der Waals surface area (Å²) in [6.45, 7) is 7.13. The van der Waals surface area contributed by atoms with Gasteiger partial charge in [0.15, 0.2) is 5.11 Å². The number of hydrogen-bond acceptors (Lipinski definition) is 5. The Balaban J connectivity index is 1.60. The Morgan fingerprint density at radius 3 is 2.55 bits per heavy atom. The molecule has 2 aromatic carbocycles. The van der Waals surface area contributed by atoms with Gasteiger partial charge < -0.3 is 19.7 Å². The number of ether oxygens (including phenoxy) is 2. The number of nitrogens with one attached hydrogen (secondary N) is 2. The number of rotatable bonds is 6. The van der Waals surface area contributed by atoms with Crippen molar-refractivity contribution in [2.75, 3.05) is 36.5 Å². The van der Waals surface area contributed by atoms with Crippen LogP contribution < -0.4 is 20.3 Å². The van der Waals surface area contributed by atoms with Gasteiger partial charge in [-0.3, -0.25) is 10.1 Å². The molecule has 0 radical (unpaired) electrons. The summed E-state index contributed by atoms with van der Waals surface area (Å²) >= 11 is 5.36. The standard InChI is InChI=1S/C22H27N3O3S/c1-3-16(2)28-18-10-8-17(9-11-18)21(26)24-22(29)23-19-6-4-5-7-20(19)25-12-14-27-15-13-25/h4-11,16H,3,12-15H2,1-2H3,(H2,23,24,26,29). The molecule has 0 saturated carbocycles. The number of anilines is 2. The van der Waals surface area contributed by atoms with Crippen molar-refractivity contribution in [1.82, 2.24) is 5.32 Å². The first-order valence-electron chi connectivity index (χ1n) is 9.87. The monoisotopic (exact) mass is 413 g/mol. The van der Waals surface area contributed by atoms with Gasteiger partial charge in [0.05, 0.1) is 30.7 Å². The normalized spacial score (nSPS) is 14.8. The second-order valence-electron chi connectivity index (χ2n) is 6.89. The van der Waals surface area contributed by atoms with Crippen LogP contribution in [0.1, 0.15) is 30.6 Å². The molecule has 0 bridgehead atoms. The van der Waals surface area contributed by atoms with Crippen molar-refractivity contribution >= 4 is 34.6 Å². The minimum Gasteiger partial charge on any atom is -0.491 e. The average Bonchev–Trinajstić information content (AvgIpc) is 2.75. The van der Waals surface area contributed by atoms with Gasteiger partial charge in [-0.25, -0.2) is 0 Å².